The monoisotopic (exact) mass is 408 g/mol. The average molecular weight is 409 g/mol. The molecule has 0 aromatic rings. The van der Waals surface area contributed by atoms with Crippen LogP contribution in [0.3, 0.4) is 0 Å². The normalized spacial score (nSPS) is 52.9. The Labute approximate surface area is 174 Å². The summed E-state index contributed by atoms with van der Waals surface area (Å²) < 4.78 is 0. The van der Waals surface area contributed by atoms with Gasteiger partial charge in [-0.2, -0.15) is 0 Å². The maximum atomic E-state index is 11.3. The number of rotatable bonds is 4. The third-order valence-electron chi connectivity index (χ3n) is 10.3. The van der Waals surface area contributed by atoms with Crippen LogP contribution in [0.2, 0.25) is 0 Å². The van der Waals surface area contributed by atoms with Crippen molar-refractivity contribution in [1.29, 1.82) is 0 Å². The summed E-state index contributed by atoms with van der Waals surface area (Å²) in [5, 5.41) is 41.7. The molecule has 166 valence electrons. The average Bonchev–Trinajstić information content (AvgIpc) is 3.02. The molecule has 0 unspecified atom stereocenters. The van der Waals surface area contributed by atoms with E-state index in [4.69, 9.17) is 5.11 Å². The molecule has 0 spiro atoms. The summed E-state index contributed by atoms with van der Waals surface area (Å²) in [7, 11) is 0. The van der Waals surface area contributed by atoms with E-state index in [0.717, 1.165) is 44.9 Å². The number of hydrogen-bond donors (Lipinski definition) is 4. The van der Waals surface area contributed by atoms with E-state index in [1.54, 1.807) is 0 Å². The second kappa shape index (κ2) is 7.49. The van der Waals surface area contributed by atoms with Gasteiger partial charge in [0.25, 0.3) is 0 Å². The van der Waals surface area contributed by atoms with Crippen molar-refractivity contribution in [3.05, 3.63) is 0 Å². The van der Waals surface area contributed by atoms with Crippen LogP contribution in [0.25, 0.3) is 0 Å². The minimum atomic E-state index is -0.748. The number of aliphatic carboxylic acids is 1. The van der Waals surface area contributed by atoms with Gasteiger partial charge < -0.3 is 20.4 Å². The van der Waals surface area contributed by atoms with Crippen LogP contribution in [0.5, 0.6) is 0 Å². The summed E-state index contributed by atoms with van der Waals surface area (Å²) in [6.07, 6.45) is 5.87. The topological polar surface area (TPSA) is 98.0 Å². The molecule has 0 aromatic carbocycles. The zero-order chi connectivity index (χ0) is 21.1. The molecule has 4 N–H and O–H groups in total. The highest BCUT2D eigenvalue weighted by Crippen LogP contribution is 2.68. The van der Waals surface area contributed by atoms with Crippen molar-refractivity contribution < 1.29 is 25.2 Å². The number of fused-ring (bicyclic) bond motifs is 5. The molecule has 0 aliphatic heterocycles. The molecule has 0 saturated heterocycles. The Hall–Kier alpha value is -0.650. The number of aliphatic hydroxyl groups excluding tert-OH is 3. The molecule has 0 radical (unpaired) electrons. The number of aliphatic hydroxyl groups is 3. The van der Waals surface area contributed by atoms with Crippen molar-refractivity contribution >= 4 is 5.97 Å². The van der Waals surface area contributed by atoms with E-state index in [-0.39, 0.29) is 35.2 Å². The van der Waals surface area contributed by atoms with Gasteiger partial charge in [-0.05, 0) is 97.7 Å². The van der Waals surface area contributed by atoms with E-state index >= 15 is 0 Å². The quantitative estimate of drug-likeness (QED) is 0.571. The number of hydrogen-bond acceptors (Lipinski definition) is 4. The van der Waals surface area contributed by atoms with E-state index < -0.39 is 18.2 Å². The standard InChI is InChI=1S/C24H40O5/c1-13(4-7-19(26)27)15-5-6-16-20-17(9-11-23(15,16)2)24(3)10-8-14(25)12-18(24)21(28)22(20)29/h13-18,20-22,25,28-29H,4-12H2,1-3H3,(H,26,27)/t13-,14+,15+,16+,17+,18+,20+,21-,22-,23+,24+/m0/s1. The molecule has 0 amide bonds. The van der Waals surface area contributed by atoms with Gasteiger partial charge in [0.2, 0.25) is 0 Å². The Balaban J connectivity index is 1.59. The summed E-state index contributed by atoms with van der Waals surface area (Å²) in [5.41, 5.74) is 0.119. The van der Waals surface area contributed by atoms with Gasteiger partial charge in [-0.3, -0.25) is 4.79 Å². The molecule has 0 aromatic heterocycles. The van der Waals surface area contributed by atoms with Gasteiger partial charge in [0.05, 0.1) is 18.3 Å². The second-order valence-corrected chi connectivity index (χ2v) is 11.5. The van der Waals surface area contributed by atoms with Crippen LogP contribution in [0.4, 0.5) is 0 Å². The Kier molecular flexibility index (Phi) is 5.57. The maximum Gasteiger partial charge on any atom is 0.303 e. The van der Waals surface area contributed by atoms with Crippen molar-refractivity contribution in [2.45, 2.75) is 96.9 Å². The summed E-state index contributed by atoms with van der Waals surface area (Å²) >= 11 is 0. The lowest BCUT2D eigenvalue weighted by Crippen LogP contribution is -2.64. The molecule has 4 saturated carbocycles. The summed E-state index contributed by atoms with van der Waals surface area (Å²) in [4.78, 5) is 11.1. The third-order valence-corrected chi connectivity index (χ3v) is 10.3. The Morgan fingerprint density at radius 1 is 0.931 bits per heavy atom. The Morgan fingerprint density at radius 3 is 2.28 bits per heavy atom. The first-order valence-corrected chi connectivity index (χ1v) is 11.9. The Bertz CT molecular complexity index is 637. The van der Waals surface area contributed by atoms with Gasteiger partial charge in [0.1, 0.15) is 0 Å². The minimum absolute atomic E-state index is 0.00309. The predicted molar refractivity (Wildman–Crippen MR) is 110 cm³/mol. The molecule has 5 heteroatoms. The highest BCUT2D eigenvalue weighted by Gasteiger charge is 2.65. The number of carboxylic acids is 1. The Morgan fingerprint density at radius 2 is 1.59 bits per heavy atom. The molecule has 4 aliphatic rings. The fourth-order valence-corrected chi connectivity index (χ4v) is 8.77. The van der Waals surface area contributed by atoms with E-state index in [0.29, 0.717) is 30.1 Å². The van der Waals surface area contributed by atoms with E-state index in [2.05, 4.69) is 20.8 Å². The van der Waals surface area contributed by atoms with Crippen molar-refractivity contribution in [2.24, 2.45) is 46.3 Å². The van der Waals surface area contributed by atoms with Gasteiger partial charge in [0.15, 0.2) is 0 Å². The molecule has 0 bridgehead atoms. The molecule has 4 rings (SSSR count). The fraction of sp³-hybridized carbons (Fsp3) is 0.958. The molecule has 11 atom stereocenters. The lowest BCUT2D eigenvalue weighted by molar-refractivity contribution is -0.223. The minimum Gasteiger partial charge on any atom is -0.481 e. The first kappa shape index (κ1) is 21.6. The SMILES string of the molecule is C[C@@H](CCC(=O)O)[C@H]1CC[C@@H]2[C@H]3[C@H](O)[C@@H](O)[C@H]4C[C@H](O)CC[C@]4(C)[C@@H]3CC[C@@]21C. The highest BCUT2D eigenvalue weighted by molar-refractivity contribution is 5.66. The van der Waals surface area contributed by atoms with Crippen LogP contribution in [0.15, 0.2) is 0 Å². The second-order valence-electron chi connectivity index (χ2n) is 11.5. The van der Waals surface area contributed by atoms with Crippen LogP contribution >= 0.6 is 0 Å². The smallest absolute Gasteiger partial charge is 0.303 e. The summed E-state index contributed by atoms with van der Waals surface area (Å²) in [6.45, 7) is 6.89. The van der Waals surface area contributed by atoms with Crippen molar-refractivity contribution in [1.82, 2.24) is 0 Å². The lowest BCUT2D eigenvalue weighted by atomic mass is 9.43. The molecule has 4 fully saturated rings. The zero-order valence-corrected chi connectivity index (χ0v) is 18.3. The van der Waals surface area contributed by atoms with E-state index in [9.17, 15) is 20.1 Å². The lowest BCUT2D eigenvalue weighted by Gasteiger charge is -2.63. The largest absolute Gasteiger partial charge is 0.481 e. The fourth-order valence-electron chi connectivity index (χ4n) is 8.77. The summed E-state index contributed by atoms with van der Waals surface area (Å²) in [5.74, 6) is 1.06. The van der Waals surface area contributed by atoms with Gasteiger partial charge in [-0.25, -0.2) is 0 Å². The van der Waals surface area contributed by atoms with Gasteiger partial charge >= 0.3 is 5.97 Å². The zero-order valence-electron chi connectivity index (χ0n) is 18.3. The van der Waals surface area contributed by atoms with Crippen LogP contribution in [-0.2, 0) is 4.79 Å². The molecular formula is C24H40O5. The van der Waals surface area contributed by atoms with E-state index in [1.165, 1.54) is 0 Å². The molecule has 4 aliphatic carbocycles. The van der Waals surface area contributed by atoms with E-state index in [1.807, 2.05) is 0 Å². The van der Waals surface area contributed by atoms with Gasteiger partial charge in [-0.15, -0.1) is 0 Å². The number of carboxylic acid groups (broad SMARTS) is 1. The van der Waals surface area contributed by atoms with Gasteiger partial charge in [0, 0.05) is 6.42 Å². The van der Waals surface area contributed by atoms with Crippen LogP contribution in [0, 0.1) is 46.3 Å². The van der Waals surface area contributed by atoms with Crippen molar-refractivity contribution in [3.63, 3.8) is 0 Å². The van der Waals surface area contributed by atoms with Crippen LogP contribution < -0.4 is 0 Å². The van der Waals surface area contributed by atoms with Gasteiger partial charge in [-0.1, -0.05) is 20.8 Å². The first-order valence-electron chi connectivity index (χ1n) is 11.9. The molecule has 0 heterocycles. The van der Waals surface area contributed by atoms with Crippen LogP contribution in [0.1, 0.15) is 78.6 Å². The highest BCUT2D eigenvalue weighted by atomic mass is 16.4. The third kappa shape index (κ3) is 3.27. The molecule has 29 heavy (non-hydrogen) atoms. The number of carbonyl (C=O) groups is 1. The van der Waals surface area contributed by atoms with Crippen molar-refractivity contribution in [2.75, 3.05) is 0 Å². The molecular weight excluding hydrogens is 368 g/mol. The van der Waals surface area contributed by atoms with Crippen molar-refractivity contribution in [3.8, 4) is 0 Å². The predicted octanol–water partition coefficient (Wildman–Crippen LogP) is 3.45. The maximum absolute atomic E-state index is 11.3. The van der Waals surface area contributed by atoms with Crippen LogP contribution in [-0.4, -0.2) is 44.7 Å². The molecule has 5 nitrogen and oxygen atoms in total. The summed E-state index contributed by atoms with van der Waals surface area (Å²) in [6, 6.07) is 0. The first-order chi connectivity index (χ1) is 13.6.